The zero-order valence-electron chi connectivity index (χ0n) is 5.56. The van der Waals surface area contributed by atoms with Crippen LogP contribution in [0.25, 0.3) is 0 Å². The molecule has 0 unspecified atom stereocenters. The van der Waals surface area contributed by atoms with Crippen molar-refractivity contribution in [2.75, 3.05) is 0 Å². The van der Waals surface area contributed by atoms with Gasteiger partial charge in [-0.2, -0.15) is 11.2 Å². The van der Waals surface area contributed by atoms with Gasteiger partial charge in [0, 0.05) is 0 Å². The van der Waals surface area contributed by atoms with Crippen molar-refractivity contribution < 1.29 is 61.3 Å². The van der Waals surface area contributed by atoms with Crippen molar-refractivity contribution in [3.8, 4) is 0 Å². The van der Waals surface area contributed by atoms with Crippen molar-refractivity contribution in [3.05, 3.63) is 24.5 Å². The summed E-state index contributed by atoms with van der Waals surface area (Å²) >= 11 is 0. The molecule has 0 atom stereocenters. The summed E-state index contributed by atoms with van der Waals surface area (Å²) < 4.78 is 0. The quantitative estimate of drug-likeness (QED) is 0.252. The van der Waals surface area contributed by atoms with Gasteiger partial charge in [0.2, 0.25) is 0 Å². The Bertz CT molecular complexity index is 121. The summed E-state index contributed by atoms with van der Waals surface area (Å²) in [7, 11) is 0. The van der Waals surface area contributed by atoms with Crippen LogP contribution < -0.4 is 51.4 Å². The molecule has 1 aromatic rings. The second-order valence-corrected chi connectivity index (χ2v) is 0.958. The maximum Gasteiger partial charge on any atom is 1.00 e. The van der Waals surface area contributed by atoms with Crippen molar-refractivity contribution in [1.29, 1.82) is 0 Å². The van der Waals surface area contributed by atoms with E-state index >= 15 is 0 Å². The molecule has 0 aliphatic rings. The van der Waals surface area contributed by atoms with Crippen molar-refractivity contribution >= 4 is 6.47 Å². The van der Waals surface area contributed by atoms with E-state index in [2.05, 4.69) is 16.4 Å². The molecule has 0 bridgehead atoms. The molecule has 0 aromatic carbocycles. The number of carboxylic acid groups (broad SMARTS) is 1. The van der Waals surface area contributed by atoms with Crippen molar-refractivity contribution in [2.24, 2.45) is 0 Å². The first-order chi connectivity index (χ1) is 4.41. The Hall–Kier alpha value is 0.186. The van der Waals surface area contributed by atoms with E-state index < -0.39 is 0 Å². The molecule has 1 N–H and O–H groups in total. The van der Waals surface area contributed by atoms with Gasteiger partial charge in [0.15, 0.2) is 0 Å². The average Bonchev–Trinajstić information content (AvgIpc) is 1.93. The monoisotopic (exact) mass is 164 g/mol. The van der Waals surface area contributed by atoms with E-state index in [4.69, 9.17) is 9.90 Å². The first-order valence-corrected chi connectivity index (χ1v) is 2.13. The van der Waals surface area contributed by atoms with E-state index in [9.17, 15) is 0 Å². The van der Waals surface area contributed by atoms with Gasteiger partial charge in [-0.1, -0.05) is 0 Å². The Morgan fingerprint density at radius 2 is 2.20 bits per heavy atom. The van der Waals surface area contributed by atoms with Crippen LogP contribution in [0.1, 0.15) is 0 Å². The number of carbonyl (C=O) groups is 1. The van der Waals surface area contributed by atoms with Crippen LogP contribution in [0.3, 0.4) is 0 Å². The Kier molecular flexibility index (Phi) is 15.3. The van der Waals surface area contributed by atoms with Gasteiger partial charge in [0.05, 0.1) is 0 Å². The molecular formula is C5H5KN2O2. The molecule has 1 heterocycles. The predicted molar refractivity (Wildman–Crippen MR) is 29.6 cm³/mol. The Labute approximate surface area is 101 Å². The largest absolute Gasteiger partial charge is 1.00 e. The van der Waals surface area contributed by atoms with Crippen molar-refractivity contribution in [1.82, 2.24) is 10.2 Å². The van der Waals surface area contributed by atoms with Crippen LogP contribution in [0, 0.1) is 6.20 Å². The van der Waals surface area contributed by atoms with Crippen LogP contribution in [0.2, 0.25) is 0 Å². The molecule has 0 saturated heterocycles. The van der Waals surface area contributed by atoms with Crippen LogP contribution >= 0.6 is 0 Å². The van der Waals surface area contributed by atoms with Crippen LogP contribution in [-0.2, 0) is 4.79 Å². The van der Waals surface area contributed by atoms with Gasteiger partial charge < -0.3 is 5.11 Å². The molecule has 4 nitrogen and oxygen atoms in total. The number of rotatable bonds is 0. The van der Waals surface area contributed by atoms with Crippen molar-refractivity contribution in [3.63, 3.8) is 0 Å². The molecule has 1 aromatic heterocycles. The van der Waals surface area contributed by atoms with E-state index in [0.717, 1.165) is 0 Å². The minimum absolute atomic E-state index is 0. The Morgan fingerprint density at radius 1 is 1.60 bits per heavy atom. The zero-order chi connectivity index (χ0) is 6.95. The fourth-order valence-corrected chi connectivity index (χ4v) is 0.225. The van der Waals surface area contributed by atoms with E-state index in [1.165, 1.54) is 0 Å². The summed E-state index contributed by atoms with van der Waals surface area (Å²) in [6.07, 6.45) is 4.14. The topological polar surface area (TPSA) is 63.1 Å². The fraction of sp³-hybridized carbons (Fsp3) is 0. The summed E-state index contributed by atoms with van der Waals surface area (Å²) in [5.74, 6) is 0. The Balaban J connectivity index is 0. The minimum Gasteiger partial charge on any atom is -0.483 e. The fourth-order valence-electron chi connectivity index (χ4n) is 0.225. The second-order valence-electron chi connectivity index (χ2n) is 0.958. The molecule has 0 radical (unpaired) electrons. The average molecular weight is 164 g/mol. The predicted octanol–water partition coefficient (Wildman–Crippen LogP) is -3.02. The first kappa shape index (κ1) is 12.8. The minimum atomic E-state index is -0.250. The molecule has 48 valence electrons. The molecule has 0 saturated carbocycles. The van der Waals surface area contributed by atoms with Gasteiger partial charge in [-0.05, 0) is 6.20 Å². The zero-order valence-corrected chi connectivity index (χ0v) is 8.68. The number of aromatic nitrogens is 2. The van der Waals surface area contributed by atoms with E-state index in [0.29, 0.717) is 0 Å². The molecular weight excluding hydrogens is 159 g/mol. The van der Waals surface area contributed by atoms with Crippen LogP contribution in [0.15, 0.2) is 18.3 Å². The van der Waals surface area contributed by atoms with E-state index in [1.807, 2.05) is 0 Å². The van der Waals surface area contributed by atoms with Gasteiger partial charge in [0.25, 0.3) is 6.47 Å². The SMILES string of the molecule is O=CO.[K+].[c-]1cccnn1. The molecule has 0 spiro atoms. The molecule has 0 amide bonds. The first-order valence-electron chi connectivity index (χ1n) is 2.13. The van der Waals surface area contributed by atoms with Crippen LogP contribution in [-0.4, -0.2) is 21.8 Å². The van der Waals surface area contributed by atoms with Gasteiger partial charge in [-0.15, -0.1) is 6.20 Å². The van der Waals surface area contributed by atoms with Gasteiger partial charge in [-0.3, -0.25) is 9.89 Å². The standard InChI is InChI=1S/C4H3N2.CH2O2.K/c1-2-4-6-5-3-1;2-1-3;/h1-3H;1H,(H,2,3);/q-1;;+1. The summed E-state index contributed by atoms with van der Waals surface area (Å²) in [5.41, 5.74) is 0. The maximum atomic E-state index is 8.36. The Morgan fingerprint density at radius 3 is 2.30 bits per heavy atom. The molecule has 0 fully saturated rings. The van der Waals surface area contributed by atoms with Gasteiger partial charge in [0.1, 0.15) is 0 Å². The maximum absolute atomic E-state index is 8.36. The van der Waals surface area contributed by atoms with Crippen LogP contribution in [0.5, 0.6) is 0 Å². The summed E-state index contributed by atoms with van der Waals surface area (Å²) in [5, 5.41) is 13.8. The number of hydrogen-bond donors (Lipinski definition) is 1. The van der Waals surface area contributed by atoms with Crippen LogP contribution in [0.4, 0.5) is 0 Å². The molecule has 0 aliphatic carbocycles. The van der Waals surface area contributed by atoms with E-state index in [1.54, 1.807) is 18.3 Å². The normalized spacial score (nSPS) is 6.00. The molecule has 1 rings (SSSR count). The third-order valence-corrected chi connectivity index (χ3v) is 0.439. The number of nitrogens with zero attached hydrogens (tertiary/aromatic N) is 2. The second kappa shape index (κ2) is 11.9. The third-order valence-electron chi connectivity index (χ3n) is 0.439. The smallest absolute Gasteiger partial charge is 0.483 e. The summed E-state index contributed by atoms with van der Waals surface area (Å²) in [6.45, 7) is -0.250. The molecule has 5 heteroatoms. The van der Waals surface area contributed by atoms with E-state index in [-0.39, 0.29) is 57.9 Å². The summed E-state index contributed by atoms with van der Waals surface area (Å²) in [6, 6.07) is 3.47. The van der Waals surface area contributed by atoms with Crippen molar-refractivity contribution in [2.45, 2.75) is 0 Å². The molecule has 10 heavy (non-hydrogen) atoms. The number of hydrogen-bond acceptors (Lipinski definition) is 3. The third kappa shape index (κ3) is 11.0. The van der Waals surface area contributed by atoms with Gasteiger partial charge in [-0.25, -0.2) is 6.07 Å². The van der Waals surface area contributed by atoms with Gasteiger partial charge >= 0.3 is 51.4 Å². The summed E-state index contributed by atoms with van der Waals surface area (Å²) in [4.78, 5) is 8.36. The molecule has 0 aliphatic heterocycles.